The number of amides is 1. The molecule has 2 N–H and O–H groups in total. The van der Waals surface area contributed by atoms with Crippen LogP contribution in [-0.2, 0) is 27.4 Å². The summed E-state index contributed by atoms with van der Waals surface area (Å²) >= 11 is 0. The lowest BCUT2D eigenvalue weighted by molar-refractivity contribution is -0.155. The molecule has 0 fully saturated rings. The lowest BCUT2D eigenvalue weighted by Crippen LogP contribution is -2.37. The highest BCUT2D eigenvalue weighted by atomic mass is 16.5. The summed E-state index contributed by atoms with van der Waals surface area (Å²) in [5.41, 5.74) is -0.545. The third-order valence-electron chi connectivity index (χ3n) is 3.79. The maximum atomic E-state index is 12.1. The molecule has 0 unspecified atom stereocenters. The number of hydrogen-bond donors (Lipinski definition) is 2. The van der Waals surface area contributed by atoms with E-state index >= 15 is 0 Å². The summed E-state index contributed by atoms with van der Waals surface area (Å²) in [6.45, 7) is 1.18. The highest BCUT2D eigenvalue weighted by Crippen LogP contribution is 2.27. The number of nitrogens with one attached hydrogen (secondary N) is 2. The van der Waals surface area contributed by atoms with E-state index in [0.717, 1.165) is 16.2 Å². The summed E-state index contributed by atoms with van der Waals surface area (Å²) in [5, 5.41) is 2.65. The molecular formula is C18H21N3O7. The molecule has 0 aliphatic carbocycles. The second kappa shape index (κ2) is 9.40. The minimum absolute atomic E-state index is 0.195. The third-order valence-corrected chi connectivity index (χ3v) is 3.79. The van der Waals surface area contributed by atoms with Crippen LogP contribution in [0.2, 0.25) is 0 Å². The van der Waals surface area contributed by atoms with Gasteiger partial charge in [-0.15, -0.1) is 0 Å². The monoisotopic (exact) mass is 391 g/mol. The van der Waals surface area contributed by atoms with Crippen molar-refractivity contribution < 1.29 is 23.8 Å². The van der Waals surface area contributed by atoms with Gasteiger partial charge in [0, 0.05) is 18.8 Å². The van der Waals surface area contributed by atoms with Gasteiger partial charge in [0.25, 0.3) is 11.5 Å². The minimum atomic E-state index is -1.06. The van der Waals surface area contributed by atoms with Gasteiger partial charge in [0.1, 0.15) is 6.54 Å². The molecular weight excluding hydrogens is 370 g/mol. The largest absolute Gasteiger partial charge is 0.493 e. The van der Waals surface area contributed by atoms with Crippen molar-refractivity contribution in [1.29, 1.82) is 0 Å². The van der Waals surface area contributed by atoms with Crippen LogP contribution in [-0.4, -0.2) is 41.8 Å². The van der Waals surface area contributed by atoms with E-state index < -0.39 is 35.8 Å². The van der Waals surface area contributed by atoms with E-state index in [9.17, 15) is 19.2 Å². The predicted molar refractivity (Wildman–Crippen MR) is 98.3 cm³/mol. The Kier molecular flexibility index (Phi) is 6.96. The van der Waals surface area contributed by atoms with Crippen molar-refractivity contribution in [2.24, 2.45) is 0 Å². The molecule has 2 rings (SSSR count). The number of methoxy groups -OCH3 is 2. The van der Waals surface area contributed by atoms with E-state index in [-0.39, 0.29) is 6.54 Å². The van der Waals surface area contributed by atoms with Crippen molar-refractivity contribution in [2.45, 2.75) is 26.1 Å². The topological polar surface area (TPSA) is 129 Å². The number of ether oxygens (including phenoxy) is 3. The van der Waals surface area contributed by atoms with Crippen molar-refractivity contribution in [1.82, 2.24) is 14.9 Å². The quantitative estimate of drug-likeness (QED) is 0.596. The Morgan fingerprint density at radius 1 is 1.14 bits per heavy atom. The lowest BCUT2D eigenvalue weighted by Gasteiger charge is -2.14. The highest BCUT2D eigenvalue weighted by Gasteiger charge is 2.18. The molecule has 0 saturated carbocycles. The smallest absolute Gasteiger partial charge is 0.328 e. The van der Waals surface area contributed by atoms with Crippen LogP contribution in [0.1, 0.15) is 12.5 Å². The Bertz CT molecular complexity index is 964. The normalized spacial score (nSPS) is 11.4. The fourth-order valence-corrected chi connectivity index (χ4v) is 2.32. The summed E-state index contributed by atoms with van der Waals surface area (Å²) in [6, 6.07) is 6.30. The first-order valence-electron chi connectivity index (χ1n) is 8.32. The predicted octanol–water partition coefficient (Wildman–Crippen LogP) is -0.198. The van der Waals surface area contributed by atoms with Gasteiger partial charge in [-0.3, -0.25) is 23.9 Å². The first-order valence-corrected chi connectivity index (χ1v) is 8.32. The summed E-state index contributed by atoms with van der Waals surface area (Å²) in [6.07, 6.45) is 0.107. The Labute approximate surface area is 160 Å². The maximum absolute atomic E-state index is 12.1. The van der Waals surface area contributed by atoms with Crippen LogP contribution in [0, 0.1) is 0 Å². The van der Waals surface area contributed by atoms with Crippen LogP contribution >= 0.6 is 0 Å². The maximum Gasteiger partial charge on any atom is 0.328 e. The SMILES string of the molecule is COc1ccc(CNC(=O)[C@H](C)OC(=O)Cn2ccc(=O)[nH]c2=O)cc1OC. The van der Waals surface area contributed by atoms with Gasteiger partial charge < -0.3 is 19.5 Å². The fraction of sp³-hybridized carbons (Fsp3) is 0.333. The first kappa shape index (κ1) is 20.7. The average molecular weight is 391 g/mol. The molecule has 0 saturated heterocycles. The Morgan fingerprint density at radius 3 is 2.50 bits per heavy atom. The number of aromatic amines is 1. The number of nitrogens with zero attached hydrogens (tertiary/aromatic N) is 1. The van der Waals surface area contributed by atoms with Crippen LogP contribution in [0.15, 0.2) is 40.1 Å². The van der Waals surface area contributed by atoms with Crippen LogP contribution in [0.4, 0.5) is 0 Å². The molecule has 10 nitrogen and oxygen atoms in total. The van der Waals surface area contributed by atoms with Gasteiger partial charge in [0.2, 0.25) is 0 Å². The summed E-state index contributed by atoms with van der Waals surface area (Å²) < 4.78 is 16.3. The molecule has 28 heavy (non-hydrogen) atoms. The summed E-state index contributed by atoms with van der Waals surface area (Å²) in [7, 11) is 3.03. The van der Waals surface area contributed by atoms with Crippen molar-refractivity contribution in [3.63, 3.8) is 0 Å². The molecule has 0 bridgehead atoms. The zero-order valence-electron chi connectivity index (χ0n) is 15.7. The van der Waals surface area contributed by atoms with Crippen molar-refractivity contribution in [2.75, 3.05) is 14.2 Å². The number of hydrogen-bond acceptors (Lipinski definition) is 7. The number of esters is 1. The van der Waals surface area contributed by atoms with Crippen LogP contribution < -0.4 is 26.0 Å². The zero-order chi connectivity index (χ0) is 20.7. The Morgan fingerprint density at radius 2 is 1.86 bits per heavy atom. The number of benzene rings is 1. The Balaban J connectivity index is 1.89. The molecule has 1 heterocycles. The Hall–Kier alpha value is -3.56. The van der Waals surface area contributed by atoms with E-state index in [1.165, 1.54) is 27.3 Å². The fourth-order valence-electron chi connectivity index (χ4n) is 2.32. The van der Waals surface area contributed by atoms with E-state index in [0.29, 0.717) is 11.5 Å². The van der Waals surface area contributed by atoms with Gasteiger partial charge in [-0.1, -0.05) is 6.07 Å². The van der Waals surface area contributed by atoms with Crippen molar-refractivity contribution in [3.05, 3.63) is 56.9 Å². The van der Waals surface area contributed by atoms with Gasteiger partial charge >= 0.3 is 11.7 Å². The first-order chi connectivity index (χ1) is 13.3. The molecule has 1 amide bonds. The molecule has 2 aromatic rings. The number of aromatic nitrogens is 2. The van der Waals surface area contributed by atoms with E-state index in [1.54, 1.807) is 18.2 Å². The number of carbonyl (C=O) groups is 2. The van der Waals surface area contributed by atoms with E-state index in [1.807, 2.05) is 4.98 Å². The molecule has 0 aliphatic heterocycles. The van der Waals surface area contributed by atoms with Gasteiger partial charge in [-0.2, -0.15) is 0 Å². The molecule has 1 atom stereocenters. The molecule has 1 aromatic carbocycles. The standard InChI is InChI=1S/C18H21N3O7/c1-11(28-16(23)10-21-7-6-15(22)20-18(21)25)17(24)19-9-12-4-5-13(26-2)14(8-12)27-3/h4-8,11H,9-10H2,1-3H3,(H,19,24)(H,20,22,25)/t11-/m0/s1. The van der Waals surface area contributed by atoms with Gasteiger partial charge in [0.15, 0.2) is 17.6 Å². The van der Waals surface area contributed by atoms with Gasteiger partial charge in [-0.25, -0.2) is 4.79 Å². The van der Waals surface area contributed by atoms with E-state index in [2.05, 4.69) is 5.32 Å². The van der Waals surface area contributed by atoms with Crippen LogP contribution in [0.25, 0.3) is 0 Å². The average Bonchev–Trinajstić information content (AvgIpc) is 2.67. The molecule has 150 valence electrons. The lowest BCUT2D eigenvalue weighted by atomic mass is 10.2. The van der Waals surface area contributed by atoms with Crippen molar-refractivity contribution >= 4 is 11.9 Å². The summed E-state index contributed by atoms with van der Waals surface area (Å²) in [5.74, 6) is -0.197. The van der Waals surface area contributed by atoms with Crippen molar-refractivity contribution in [3.8, 4) is 11.5 Å². The molecule has 1 aromatic heterocycles. The third kappa shape index (κ3) is 5.47. The highest BCUT2D eigenvalue weighted by molar-refractivity contribution is 5.83. The number of carbonyl (C=O) groups excluding carboxylic acids is 2. The second-order valence-corrected chi connectivity index (χ2v) is 5.78. The van der Waals surface area contributed by atoms with Crippen LogP contribution in [0.5, 0.6) is 11.5 Å². The van der Waals surface area contributed by atoms with Crippen LogP contribution in [0.3, 0.4) is 0 Å². The molecule has 10 heteroatoms. The van der Waals surface area contributed by atoms with Gasteiger partial charge in [-0.05, 0) is 24.6 Å². The number of rotatable bonds is 8. The molecule has 0 radical (unpaired) electrons. The van der Waals surface area contributed by atoms with E-state index in [4.69, 9.17) is 14.2 Å². The van der Waals surface area contributed by atoms with Gasteiger partial charge in [0.05, 0.1) is 14.2 Å². The zero-order valence-corrected chi connectivity index (χ0v) is 15.7. The molecule has 0 aliphatic rings. The second-order valence-electron chi connectivity index (χ2n) is 5.78. The molecule has 0 spiro atoms. The summed E-state index contributed by atoms with van der Waals surface area (Å²) in [4.78, 5) is 48.6. The number of H-pyrrole nitrogens is 1. The minimum Gasteiger partial charge on any atom is -0.493 e.